The van der Waals surface area contributed by atoms with Gasteiger partial charge in [-0.2, -0.15) is 0 Å². The molecule has 2 aromatic rings. The van der Waals surface area contributed by atoms with Gasteiger partial charge in [-0.25, -0.2) is 4.98 Å². The van der Waals surface area contributed by atoms with Crippen molar-refractivity contribution >= 4 is 45.0 Å². The summed E-state index contributed by atoms with van der Waals surface area (Å²) >= 11 is 6.22. The first-order valence-corrected chi connectivity index (χ1v) is 7.32. The normalized spacial score (nSPS) is 10.6. The van der Waals surface area contributed by atoms with Crippen LogP contribution >= 0.6 is 39.0 Å². The third-order valence-corrected chi connectivity index (χ3v) is 4.35. The van der Waals surface area contributed by atoms with Gasteiger partial charge >= 0.3 is 5.97 Å². The van der Waals surface area contributed by atoms with Crippen molar-refractivity contribution < 1.29 is 14.3 Å². The van der Waals surface area contributed by atoms with Crippen LogP contribution in [0.1, 0.15) is 11.5 Å². The van der Waals surface area contributed by atoms with E-state index < -0.39 is 5.97 Å². The van der Waals surface area contributed by atoms with Gasteiger partial charge in [0.1, 0.15) is 5.76 Å². The predicted molar refractivity (Wildman–Crippen MR) is 69.4 cm³/mol. The lowest BCUT2D eigenvalue weighted by Crippen LogP contribution is -1.99. The minimum atomic E-state index is -0.859. The minimum Gasteiger partial charge on any atom is -0.481 e. The number of hydrogen-bond acceptors (Lipinski definition) is 5. The zero-order chi connectivity index (χ0) is 12.3. The second kappa shape index (κ2) is 5.70. The van der Waals surface area contributed by atoms with Crippen molar-refractivity contribution in [2.75, 3.05) is 0 Å². The van der Waals surface area contributed by atoms with E-state index in [0.717, 1.165) is 10.1 Å². The summed E-state index contributed by atoms with van der Waals surface area (Å²) in [5.74, 6) is 0.685. The molecule has 0 aromatic carbocycles. The van der Waals surface area contributed by atoms with Crippen LogP contribution in [0.2, 0.25) is 0 Å². The van der Waals surface area contributed by atoms with Gasteiger partial charge in [-0.1, -0.05) is 11.8 Å². The van der Waals surface area contributed by atoms with E-state index in [0.29, 0.717) is 16.1 Å². The van der Waals surface area contributed by atoms with E-state index in [1.54, 1.807) is 5.38 Å². The number of rotatable bonds is 5. The molecule has 0 radical (unpaired) electrons. The lowest BCUT2D eigenvalue weighted by atomic mass is 10.3. The van der Waals surface area contributed by atoms with Gasteiger partial charge in [-0.05, 0) is 28.1 Å². The second-order valence-corrected chi connectivity index (χ2v) is 6.03. The van der Waals surface area contributed by atoms with Gasteiger partial charge in [-0.15, -0.1) is 11.3 Å². The molecule has 4 nitrogen and oxygen atoms in total. The van der Waals surface area contributed by atoms with E-state index >= 15 is 0 Å². The highest BCUT2D eigenvalue weighted by Crippen LogP contribution is 2.27. The largest absolute Gasteiger partial charge is 0.481 e. The molecule has 0 atom stereocenters. The zero-order valence-electron chi connectivity index (χ0n) is 8.55. The molecule has 0 saturated carbocycles. The molecule has 7 heteroatoms. The van der Waals surface area contributed by atoms with Crippen molar-refractivity contribution in [3.05, 3.63) is 33.6 Å². The molecule has 0 aliphatic carbocycles. The van der Waals surface area contributed by atoms with Gasteiger partial charge in [0, 0.05) is 5.38 Å². The number of thiazole rings is 1. The van der Waals surface area contributed by atoms with E-state index in [1.165, 1.54) is 23.1 Å². The molecule has 0 amide bonds. The van der Waals surface area contributed by atoms with Crippen molar-refractivity contribution in [2.45, 2.75) is 16.5 Å². The van der Waals surface area contributed by atoms with Crippen LogP contribution in [0.25, 0.3) is 0 Å². The molecule has 0 aliphatic rings. The lowest BCUT2D eigenvalue weighted by Gasteiger charge is -1.93. The number of carbonyl (C=O) groups is 1. The van der Waals surface area contributed by atoms with E-state index in [2.05, 4.69) is 20.9 Å². The third kappa shape index (κ3) is 3.86. The number of halogens is 1. The Bertz CT molecular complexity index is 523. The van der Waals surface area contributed by atoms with Crippen LogP contribution in [-0.2, 0) is 17.0 Å². The molecule has 0 unspecified atom stereocenters. The highest BCUT2D eigenvalue weighted by atomic mass is 79.9. The van der Waals surface area contributed by atoms with Gasteiger partial charge in [0.25, 0.3) is 0 Å². The van der Waals surface area contributed by atoms with Crippen molar-refractivity contribution in [3.63, 3.8) is 0 Å². The summed E-state index contributed by atoms with van der Waals surface area (Å²) < 4.78 is 6.92. The lowest BCUT2D eigenvalue weighted by molar-refractivity contribution is -0.136. The van der Waals surface area contributed by atoms with Crippen molar-refractivity contribution in [2.24, 2.45) is 0 Å². The van der Waals surface area contributed by atoms with Crippen molar-refractivity contribution in [1.29, 1.82) is 0 Å². The van der Waals surface area contributed by atoms with E-state index in [9.17, 15) is 4.79 Å². The maximum atomic E-state index is 10.5. The van der Waals surface area contributed by atoms with E-state index in [1.807, 2.05) is 12.1 Å². The molecule has 0 bridgehead atoms. The van der Waals surface area contributed by atoms with Gasteiger partial charge in [0.2, 0.25) is 0 Å². The summed E-state index contributed by atoms with van der Waals surface area (Å²) in [7, 11) is 0. The highest BCUT2D eigenvalue weighted by molar-refractivity contribution is 9.10. The Labute approximate surface area is 114 Å². The molecule has 0 fully saturated rings. The fourth-order valence-electron chi connectivity index (χ4n) is 1.15. The second-order valence-electron chi connectivity index (χ2n) is 3.17. The van der Waals surface area contributed by atoms with Crippen LogP contribution in [0.15, 0.2) is 30.9 Å². The molecule has 2 aromatic heterocycles. The summed E-state index contributed by atoms with van der Waals surface area (Å²) in [4.78, 5) is 14.7. The molecule has 0 spiro atoms. The molecule has 0 saturated heterocycles. The first kappa shape index (κ1) is 12.7. The number of thioether (sulfide) groups is 1. The van der Waals surface area contributed by atoms with Crippen molar-refractivity contribution in [3.8, 4) is 0 Å². The average Bonchev–Trinajstić information content (AvgIpc) is 2.84. The van der Waals surface area contributed by atoms with Crippen LogP contribution in [0.4, 0.5) is 0 Å². The molecule has 90 valence electrons. The summed E-state index contributed by atoms with van der Waals surface area (Å²) in [6.07, 6.45) is -0.0244. The average molecular weight is 334 g/mol. The Morgan fingerprint density at radius 2 is 2.41 bits per heavy atom. The number of furan rings is 1. The van der Waals surface area contributed by atoms with Crippen LogP contribution in [0.5, 0.6) is 0 Å². The Morgan fingerprint density at radius 1 is 1.59 bits per heavy atom. The van der Waals surface area contributed by atoms with Crippen LogP contribution in [0.3, 0.4) is 0 Å². The standard InChI is InChI=1S/C10H8BrNO3S2/c11-8-2-1-7(15-8)5-17-10-12-6(4-16-10)3-9(13)14/h1-2,4H,3,5H2,(H,13,14). The zero-order valence-corrected chi connectivity index (χ0v) is 11.8. The fourth-order valence-corrected chi connectivity index (χ4v) is 3.23. The maximum Gasteiger partial charge on any atom is 0.309 e. The monoisotopic (exact) mass is 333 g/mol. The molecule has 2 rings (SSSR count). The molecule has 17 heavy (non-hydrogen) atoms. The number of nitrogens with zero attached hydrogens (tertiary/aromatic N) is 1. The van der Waals surface area contributed by atoms with Gasteiger partial charge in [0.05, 0.1) is 17.9 Å². The Kier molecular flexibility index (Phi) is 4.25. The number of hydrogen-bond donors (Lipinski definition) is 1. The Morgan fingerprint density at radius 3 is 3.06 bits per heavy atom. The van der Waals surface area contributed by atoms with E-state index in [-0.39, 0.29) is 6.42 Å². The Balaban J connectivity index is 1.91. The first-order chi connectivity index (χ1) is 8.13. The quantitative estimate of drug-likeness (QED) is 0.849. The summed E-state index contributed by atoms with van der Waals surface area (Å²) in [6.45, 7) is 0. The summed E-state index contributed by atoms with van der Waals surface area (Å²) in [5.41, 5.74) is 0.602. The topological polar surface area (TPSA) is 63.3 Å². The first-order valence-electron chi connectivity index (χ1n) is 4.66. The van der Waals surface area contributed by atoms with Crippen LogP contribution in [-0.4, -0.2) is 16.1 Å². The number of aliphatic carboxylic acids is 1. The summed E-state index contributed by atoms with van der Waals surface area (Å²) in [6, 6.07) is 3.73. The third-order valence-electron chi connectivity index (χ3n) is 1.83. The molecular weight excluding hydrogens is 326 g/mol. The minimum absolute atomic E-state index is 0.0244. The number of carboxylic acid groups (broad SMARTS) is 1. The molecule has 1 N–H and O–H groups in total. The summed E-state index contributed by atoms with van der Waals surface area (Å²) in [5, 5.41) is 10.4. The maximum absolute atomic E-state index is 10.5. The molecule has 0 aliphatic heterocycles. The van der Waals surface area contributed by atoms with Gasteiger partial charge in [0.15, 0.2) is 9.01 Å². The van der Waals surface area contributed by atoms with Gasteiger partial charge in [-0.3, -0.25) is 4.79 Å². The van der Waals surface area contributed by atoms with Crippen LogP contribution in [0, 0.1) is 0 Å². The smallest absolute Gasteiger partial charge is 0.309 e. The van der Waals surface area contributed by atoms with Crippen molar-refractivity contribution in [1.82, 2.24) is 4.98 Å². The number of aromatic nitrogens is 1. The predicted octanol–water partition coefficient (Wildman–Crippen LogP) is 3.42. The SMILES string of the molecule is O=C(O)Cc1csc(SCc2ccc(Br)o2)n1. The fraction of sp³-hybridized carbons (Fsp3) is 0.200. The highest BCUT2D eigenvalue weighted by Gasteiger charge is 2.07. The molecule has 2 heterocycles. The van der Waals surface area contributed by atoms with Gasteiger partial charge < -0.3 is 9.52 Å². The van der Waals surface area contributed by atoms with E-state index in [4.69, 9.17) is 9.52 Å². The Hall–Kier alpha value is -0.790. The molecular formula is C10H8BrNO3S2. The number of carboxylic acids is 1. The van der Waals surface area contributed by atoms with Crippen LogP contribution < -0.4 is 0 Å².